The Morgan fingerprint density at radius 1 is 1.45 bits per heavy atom. The van der Waals surface area contributed by atoms with Crippen molar-refractivity contribution in [3.63, 3.8) is 0 Å². The molecule has 1 aliphatic rings. The molecule has 6 nitrogen and oxygen atoms in total. The number of carbonyl (C=O) groups is 2. The fourth-order valence-electron chi connectivity index (χ4n) is 2.25. The first kappa shape index (κ1) is 14.3. The molecule has 0 bridgehead atoms. The molecule has 1 aromatic rings. The minimum Gasteiger partial charge on any atom is -0.497 e. The third-order valence-electron chi connectivity index (χ3n) is 3.38. The van der Waals surface area contributed by atoms with E-state index in [9.17, 15) is 9.59 Å². The van der Waals surface area contributed by atoms with Gasteiger partial charge in [0, 0.05) is 12.6 Å². The number of carbonyl (C=O) groups excluding carboxylic acids is 1. The highest BCUT2D eigenvalue weighted by Gasteiger charge is 2.22. The summed E-state index contributed by atoms with van der Waals surface area (Å²) in [6.45, 7) is 1.54. The predicted octanol–water partition coefficient (Wildman–Crippen LogP) is 1.33. The first-order valence-corrected chi connectivity index (χ1v) is 6.54. The van der Waals surface area contributed by atoms with E-state index in [0.29, 0.717) is 12.3 Å². The lowest BCUT2D eigenvalue weighted by atomic mass is 9.98. The zero-order valence-corrected chi connectivity index (χ0v) is 11.3. The highest BCUT2D eigenvalue weighted by atomic mass is 16.5. The summed E-state index contributed by atoms with van der Waals surface area (Å²) in [4.78, 5) is 23.3. The zero-order chi connectivity index (χ0) is 14.5. The molecule has 1 aromatic carbocycles. The topological polar surface area (TPSA) is 87.7 Å². The van der Waals surface area contributed by atoms with Gasteiger partial charge in [-0.1, -0.05) is 0 Å². The van der Waals surface area contributed by atoms with Crippen molar-refractivity contribution in [2.45, 2.75) is 12.8 Å². The first-order chi connectivity index (χ1) is 9.61. The first-order valence-electron chi connectivity index (χ1n) is 6.54. The van der Waals surface area contributed by atoms with Crippen molar-refractivity contribution in [2.24, 2.45) is 5.92 Å². The smallest absolute Gasteiger partial charge is 0.337 e. The van der Waals surface area contributed by atoms with Gasteiger partial charge in [0.25, 0.3) is 0 Å². The maximum Gasteiger partial charge on any atom is 0.337 e. The lowest BCUT2D eigenvalue weighted by molar-refractivity contribution is -0.120. The summed E-state index contributed by atoms with van der Waals surface area (Å²) in [5, 5.41) is 15.0. The molecule has 3 N–H and O–H groups in total. The Kier molecular flexibility index (Phi) is 4.57. The van der Waals surface area contributed by atoms with Gasteiger partial charge in [-0.2, -0.15) is 0 Å². The highest BCUT2D eigenvalue weighted by Crippen LogP contribution is 2.24. The van der Waals surface area contributed by atoms with Crippen molar-refractivity contribution < 1.29 is 19.4 Å². The molecule has 0 aliphatic carbocycles. The van der Waals surface area contributed by atoms with Crippen LogP contribution in [0.15, 0.2) is 18.2 Å². The van der Waals surface area contributed by atoms with Crippen LogP contribution in [0.4, 0.5) is 5.69 Å². The molecular formula is C14H18N2O4. The van der Waals surface area contributed by atoms with Crippen molar-refractivity contribution in [1.29, 1.82) is 0 Å². The summed E-state index contributed by atoms with van der Waals surface area (Å²) in [6, 6.07) is 4.51. The van der Waals surface area contributed by atoms with Gasteiger partial charge in [0.1, 0.15) is 5.75 Å². The molecule has 1 amide bonds. The number of benzene rings is 1. The summed E-state index contributed by atoms with van der Waals surface area (Å²) in [5.41, 5.74) is 0.329. The van der Waals surface area contributed by atoms with Crippen LogP contribution in [-0.2, 0) is 4.79 Å². The number of piperidine rings is 1. The fraction of sp³-hybridized carbons (Fsp3) is 0.429. The van der Waals surface area contributed by atoms with Gasteiger partial charge in [0.15, 0.2) is 0 Å². The van der Waals surface area contributed by atoms with Gasteiger partial charge in [-0.15, -0.1) is 0 Å². The largest absolute Gasteiger partial charge is 0.497 e. The van der Waals surface area contributed by atoms with Crippen molar-refractivity contribution in [2.75, 3.05) is 25.5 Å². The molecule has 2 rings (SSSR count). The maximum atomic E-state index is 12.2. The van der Waals surface area contributed by atoms with Gasteiger partial charge < -0.3 is 20.5 Å². The number of hydrogen-bond acceptors (Lipinski definition) is 4. The van der Waals surface area contributed by atoms with E-state index in [0.717, 1.165) is 19.4 Å². The van der Waals surface area contributed by atoms with E-state index in [4.69, 9.17) is 9.84 Å². The van der Waals surface area contributed by atoms with E-state index in [1.807, 2.05) is 0 Å². The van der Waals surface area contributed by atoms with Crippen molar-refractivity contribution in [3.8, 4) is 5.75 Å². The highest BCUT2D eigenvalue weighted by molar-refractivity contribution is 6.01. The fourth-order valence-corrected chi connectivity index (χ4v) is 2.25. The maximum absolute atomic E-state index is 12.2. The standard InChI is InChI=1S/C14H18N2O4/c1-20-10-4-5-11(14(18)19)12(7-10)16-13(17)9-3-2-6-15-8-9/h4-5,7,9,15H,2-3,6,8H2,1H3,(H,16,17)(H,18,19). The van der Waals surface area contributed by atoms with Gasteiger partial charge >= 0.3 is 5.97 Å². The van der Waals surface area contributed by atoms with Crippen LogP contribution in [0.5, 0.6) is 5.75 Å². The number of ether oxygens (including phenoxy) is 1. The molecule has 0 radical (unpaired) electrons. The van der Waals surface area contributed by atoms with E-state index in [1.54, 1.807) is 6.07 Å². The number of carboxylic acids is 1. The zero-order valence-electron chi connectivity index (χ0n) is 11.3. The molecule has 20 heavy (non-hydrogen) atoms. The number of carboxylic acid groups (broad SMARTS) is 1. The molecule has 1 saturated heterocycles. The van der Waals surface area contributed by atoms with E-state index in [1.165, 1.54) is 19.2 Å². The monoisotopic (exact) mass is 278 g/mol. The third-order valence-corrected chi connectivity index (χ3v) is 3.38. The van der Waals surface area contributed by atoms with Gasteiger partial charge in [-0.25, -0.2) is 4.79 Å². The molecule has 0 aromatic heterocycles. The molecule has 1 aliphatic heterocycles. The molecule has 108 valence electrons. The summed E-state index contributed by atoms with van der Waals surface area (Å²) >= 11 is 0. The molecule has 1 fully saturated rings. The van der Waals surface area contributed by atoms with Gasteiger partial charge in [0.2, 0.25) is 5.91 Å². The number of anilines is 1. The molecule has 0 saturated carbocycles. The molecule has 0 spiro atoms. The summed E-state index contributed by atoms with van der Waals surface area (Å²) in [7, 11) is 1.49. The second-order valence-electron chi connectivity index (χ2n) is 4.75. The summed E-state index contributed by atoms with van der Waals surface area (Å²) in [5.74, 6) is -0.860. The van der Waals surface area contributed by atoms with Gasteiger partial charge in [-0.05, 0) is 31.5 Å². The number of hydrogen-bond donors (Lipinski definition) is 3. The Balaban J connectivity index is 2.17. The molecular weight excluding hydrogens is 260 g/mol. The Bertz CT molecular complexity index is 510. The second kappa shape index (κ2) is 6.38. The number of rotatable bonds is 4. The van der Waals surface area contributed by atoms with Crippen molar-refractivity contribution >= 4 is 17.6 Å². The molecule has 1 heterocycles. The van der Waals surface area contributed by atoms with Crippen LogP contribution in [0.2, 0.25) is 0 Å². The Morgan fingerprint density at radius 2 is 2.25 bits per heavy atom. The number of nitrogens with one attached hydrogen (secondary N) is 2. The van der Waals surface area contributed by atoms with E-state index in [2.05, 4.69) is 10.6 Å². The van der Waals surface area contributed by atoms with Crippen LogP contribution in [0.3, 0.4) is 0 Å². The second-order valence-corrected chi connectivity index (χ2v) is 4.75. The van der Waals surface area contributed by atoms with Crippen molar-refractivity contribution in [1.82, 2.24) is 5.32 Å². The lowest BCUT2D eigenvalue weighted by Gasteiger charge is -2.22. The van der Waals surface area contributed by atoms with Gasteiger partial charge in [0.05, 0.1) is 24.3 Å². The van der Waals surface area contributed by atoms with Crippen LogP contribution in [0.25, 0.3) is 0 Å². The number of amides is 1. The Morgan fingerprint density at radius 3 is 2.85 bits per heavy atom. The van der Waals surface area contributed by atoms with Gasteiger partial charge in [-0.3, -0.25) is 4.79 Å². The van der Waals surface area contributed by atoms with E-state index < -0.39 is 5.97 Å². The van der Waals surface area contributed by atoms with E-state index in [-0.39, 0.29) is 23.1 Å². The third kappa shape index (κ3) is 3.27. The van der Waals surface area contributed by atoms with Crippen molar-refractivity contribution in [3.05, 3.63) is 23.8 Å². The normalized spacial score (nSPS) is 18.4. The lowest BCUT2D eigenvalue weighted by Crippen LogP contribution is -2.37. The Hall–Kier alpha value is -2.08. The van der Waals surface area contributed by atoms with Crippen LogP contribution >= 0.6 is 0 Å². The van der Waals surface area contributed by atoms with Crippen LogP contribution < -0.4 is 15.4 Å². The molecule has 6 heteroatoms. The predicted molar refractivity (Wildman–Crippen MR) is 74.2 cm³/mol. The average molecular weight is 278 g/mol. The minimum absolute atomic E-state index is 0.0583. The SMILES string of the molecule is COc1ccc(C(=O)O)c(NC(=O)C2CCCNC2)c1. The number of aromatic carboxylic acids is 1. The molecule has 1 atom stereocenters. The average Bonchev–Trinajstić information content (AvgIpc) is 2.47. The van der Waals surface area contributed by atoms with Crippen LogP contribution in [0, 0.1) is 5.92 Å². The molecule has 1 unspecified atom stereocenters. The van der Waals surface area contributed by atoms with Crippen LogP contribution in [0.1, 0.15) is 23.2 Å². The minimum atomic E-state index is -1.08. The Labute approximate surface area is 117 Å². The summed E-state index contributed by atoms with van der Waals surface area (Å²) in [6.07, 6.45) is 1.76. The quantitative estimate of drug-likeness (QED) is 0.773. The van der Waals surface area contributed by atoms with E-state index >= 15 is 0 Å². The summed E-state index contributed by atoms with van der Waals surface area (Å²) < 4.78 is 5.06. The number of methoxy groups -OCH3 is 1. The van der Waals surface area contributed by atoms with Crippen LogP contribution in [-0.4, -0.2) is 37.2 Å².